The van der Waals surface area contributed by atoms with Crippen LogP contribution in [0.5, 0.6) is 11.5 Å². The number of fused-ring (bicyclic) bond motifs is 1. The van der Waals surface area contributed by atoms with Gasteiger partial charge in [-0.15, -0.1) is 11.3 Å². The minimum atomic E-state index is -0.402. The minimum Gasteiger partial charge on any atom is -0.454 e. The van der Waals surface area contributed by atoms with Crippen molar-refractivity contribution in [1.82, 2.24) is 5.32 Å². The van der Waals surface area contributed by atoms with Crippen LogP contribution in [0.25, 0.3) is 11.1 Å². The summed E-state index contributed by atoms with van der Waals surface area (Å²) in [4.78, 5) is 4.53. The third kappa shape index (κ3) is 5.77. The first kappa shape index (κ1) is 24.0. The van der Waals surface area contributed by atoms with E-state index < -0.39 is 5.82 Å². The first-order chi connectivity index (χ1) is 16.0. The zero-order valence-electron chi connectivity index (χ0n) is 18.4. The number of ether oxygens (including phenoxy) is 2. The van der Waals surface area contributed by atoms with Crippen molar-refractivity contribution in [2.75, 3.05) is 13.8 Å². The predicted octanol–water partition coefficient (Wildman–Crippen LogP) is 5.34. The normalized spacial score (nSPS) is 13.6. The second-order valence-corrected chi connectivity index (χ2v) is 8.17. The molecule has 0 radical (unpaired) electrons. The lowest BCUT2D eigenvalue weighted by atomic mass is 9.91. The lowest BCUT2D eigenvalue weighted by Gasteiger charge is -2.23. The Kier molecular flexibility index (Phi) is 8.19. The van der Waals surface area contributed by atoms with E-state index in [0.29, 0.717) is 11.1 Å². The number of nitrogens with two attached hydrogens (primary N) is 1. The lowest BCUT2D eigenvalue weighted by molar-refractivity contribution is 0.174. The van der Waals surface area contributed by atoms with E-state index in [-0.39, 0.29) is 18.8 Å². The summed E-state index contributed by atoms with van der Waals surface area (Å²) < 4.78 is 24.7. The summed E-state index contributed by atoms with van der Waals surface area (Å²) in [5.74, 6) is 1.33. The summed E-state index contributed by atoms with van der Waals surface area (Å²) in [5.41, 5.74) is 7.87. The van der Waals surface area contributed by atoms with Crippen LogP contribution >= 0.6 is 11.3 Å². The van der Waals surface area contributed by atoms with Gasteiger partial charge < -0.3 is 20.5 Å². The Balaban J connectivity index is 0.000000555. The van der Waals surface area contributed by atoms with E-state index in [9.17, 15) is 4.39 Å². The van der Waals surface area contributed by atoms with Crippen molar-refractivity contribution >= 4 is 17.7 Å². The number of nitrogens with zero attached hydrogens (tertiary/aromatic N) is 2. The van der Waals surface area contributed by atoms with Gasteiger partial charge in [0.2, 0.25) is 6.79 Å². The van der Waals surface area contributed by atoms with Gasteiger partial charge in [-0.1, -0.05) is 19.6 Å². The average Bonchev–Trinajstić information content (AvgIpc) is 3.49. The smallest absolute Gasteiger partial charge is 0.231 e. The summed E-state index contributed by atoms with van der Waals surface area (Å²) in [5, 5.41) is 14.5. The summed E-state index contributed by atoms with van der Waals surface area (Å²) in [6.07, 6.45) is 2.56. The molecule has 8 heteroatoms. The molecule has 0 amide bonds. The van der Waals surface area contributed by atoms with Gasteiger partial charge in [0.1, 0.15) is 5.82 Å². The van der Waals surface area contributed by atoms with Crippen LogP contribution < -0.4 is 20.5 Å². The molecular weight excluding hydrogens is 439 g/mol. The number of aliphatic imine (C=N–C) groups is 1. The molecule has 1 aromatic heterocycles. The van der Waals surface area contributed by atoms with Crippen LogP contribution in [0.4, 0.5) is 4.39 Å². The summed E-state index contributed by atoms with van der Waals surface area (Å²) >= 11 is 1.62. The molecule has 2 heterocycles. The van der Waals surface area contributed by atoms with E-state index >= 15 is 0 Å². The lowest BCUT2D eigenvalue weighted by Crippen LogP contribution is -2.21. The van der Waals surface area contributed by atoms with Crippen molar-refractivity contribution in [2.45, 2.75) is 18.9 Å². The van der Waals surface area contributed by atoms with Gasteiger partial charge in [-0.25, -0.2) is 9.38 Å². The molecule has 1 aliphatic heterocycles. The summed E-state index contributed by atoms with van der Waals surface area (Å²) in [6, 6.07) is 14.6. The van der Waals surface area contributed by atoms with E-state index in [4.69, 9.17) is 20.5 Å². The number of hydrogen-bond acceptors (Lipinski definition) is 6. The van der Waals surface area contributed by atoms with Gasteiger partial charge >= 0.3 is 0 Å². The zero-order chi connectivity index (χ0) is 23.8. The zero-order valence-corrected chi connectivity index (χ0v) is 19.2. The van der Waals surface area contributed by atoms with Crippen LogP contribution in [-0.2, 0) is 0 Å². The molecule has 0 fully saturated rings. The molecule has 6 nitrogen and oxygen atoms in total. The quantitative estimate of drug-likeness (QED) is 0.380. The molecule has 3 N–H and O–H groups in total. The molecule has 0 saturated heterocycles. The standard InChI is InChI=1S/C22H19FN2O2S.C3H6N2/c1-13(15-3-4-19-20(8-15)27-12-26-19)22(25-2)21-9-17(11-28-21)16-5-14(10-24)6-18(23)7-16;1-2-5-3-4/h3-9,11,13,22,25H,12H2,1-2H3;2-3H,1H2,(H2,4,5). The van der Waals surface area contributed by atoms with E-state index in [1.165, 1.54) is 24.7 Å². The van der Waals surface area contributed by atoms with E-state index in [1.54, 1.807) is 17.4 Å². The van der Waals surface area contributed by atoms with Gasteiger partial charge in [0.15, 0.2) is 11.5 Å². The third-order valence-corrected chi connectivity index (χ3v) is 6.23. The number of rotatable bonds is 6. The maximum atomic E-state index is 13.8. The molecule has 0 spiro atoms. The molecule has 0 aliphatic carbocycles. The molecule has 2 unspecified atom stereocenters. The number of nitriles is 1. The molecule has 33 heavy (non-hydrogen) atoms. The van der Waals surface area contributed by atoms with Crippen molar-refractivity contribution in [1.29, 1.82) is 5.26 Å². The molecule has 3 aromatic rings. The van der Waals surface area contributed by atoms with Gasteiger partial charge in [-0.05, 0) is 65.5 Å². The fourth-order valence-corrected chi connectivity index (χ4v) is 4.71. The van der Waals surface area contributed by atoms with Gasteiger partial charge in [0, 0.05) is 23.0 Å². The average molecular weight is 465 g/mol. The van der Waals surface area contributed by atoms with Crippen molar-refractivity contribution in [3.8, 4) is 28.7 Å². The van der Waals surface area contributed by atoms with Crippen molar-refractivity contribution < 1.29 is 13.9 Å². The fourth-order valence-electron chi connectivity index (χ4n) is 3.58. The maximum absolute atomic E-state index is 13.8. The van der Waals surface area contributed by atoms with E-state index in [2.05, 4.69) is 35.9 Å². The highest BCUT2D eigenvalue weighted by molar-refractivity contribution is 7.10. The van der Waals surface area contributed by atoms with E-state index in [1.807, 2.05) is 30.6 Å². The highest BCUT2D eigenvalue weighted by Crippen LogP contribution is 2.40. The third-order valence-electron chi connectivity index (χ3n) is 5.21. The van der Waals surface area contributed by atoms with Crippen molar-refractivity contribution in [3.05, 3.63) is 82.4 Å². The van der Waals surface area contributed by atoms with Gasteiger partial charge in [-0.3, -0.25) is 0 Å². The van der Waals surface area contributed by atoms with Crippen molar-refractivity contribution in [3.63, 3.8) is 0 Å². The van der Waals surface area contributed by atoms with Crippen LogP contribution in [0.2, 0.25) is 0 Å². The molecule has 4 rings (SSSR count). The number of likely N-dealkylation sites (N-methyl/N-ethyl adjacent to an activating group) is 1. The predicted molar refractivity (Wildman–Crippen MR) is 130 cm³/mol. The first-order valence-electron chi connectivity index (χ1n) is 10.2. The second kappa shape index (κ2) is 11.3. The molecule has 170 valence electrons. The molecule has 0 bridgehead atoms. The van der Waals surface area contributed by atoms with Crippen LogP contribution in [0.1, 0.15) is 34.9 Å². The Morgan fingerprint density at radius 1 is 1.21 bits per heavy atom. The Hall–Kier alpha value is -3.67. The van der Waals surface area contributed by atoms with Gasteiger partial charge in [0.25, 0.3) is 0 Å². The SMILES string of the molecule is C=CN=CN.CNC(c1cc(-c2cc(F)cc(C#N)c2)cs1)C(C)c1ccc2c(c1)OCO2. The number of hydrogen-bond donors (Lipinski definition) is 2. The second-order valence-electron chi connectivity index (χ2n) is 7.23. The van der Waals surface area contributed by atoms with Gasteiger partial charge in [-0.2, -0.15) is 5.26 Å². The Morgan fingerprint density at radius 3 is 2.67 bits per heavy atom. The van der Waals surface area contributed by atoms with E-state index in [0.717, 1.165) is 27.5 Å². The van der Waals surface area contributed by atoms with Gasteiger partial charge in [0.05, 0.1) is 18.0 Å². The number of benzene rings is 2. The van der Waals surface area contributed by atoms with Crippen LogP contribution in [0.15, 0.2) is 65.6 Å². The summed E-state index contributed by atoms with van der Waals surface area (Å²) in [7, 11) is 1.93. The molecule has 2 atom stereocenters. The Bertz CT molecular complexity index is 1190. The van der Waals surface area contributed by atoms with Crippen LogP contribution in [0.3, 0.4) is 0 Å². The number of halogens is 1. The molecule has 2 aromatic carbocycles. The molecule has 0 saturated carbocycles. The maximum Gasteiger partial charge on any atom is 0.231 e. The number of thiophene rings is 1. The Morgan fingerprint density at radius 2 is 2.00 bits per heavy atom. The minimum absolute atomic E-state index is 0.0862. The highest BCUT2D eigenvalue weighted by Gasteiger charge is 2.23. The molecular formula is C25H25FN4O2S. The summed E-state index contributed by atoms with van der Waals surface area (Å²) in [6.45, 7) is 5.69. The number of nitrogens with one attached hydrogen (secondary N) is 1. The first-order valence-corrected chi connectivity index (χ1v) is 11.1. The monoisotopic (exact) mass is 464 g/mol. The molecule has 1 aliphatic rings. The van der Waals surface area contributed by atoms with Crippen LogP contribution in [0, 0.1) is 17.1 Å². The largest absolute Gasteiger partial charge is 0.454 e. The fraction of sp³-hybridized carbons (Fsp3) is 0.200. The van der Waals surface area contributed by atoms with Crippen LogP contribution in [-0.4, -0.2) is 20.2 Å². The van der Waals surface area contributed by atoms with Crippen molar-refractivity contribution in [2.24, 2.45) is 10.7 Å². The topological polar surface area (TPSA) is 92.7 Å². The Labute approximate surface area is 196 Å². The highest BCUT2D eigenvalue weighted by atomic mass is 32.1.